The molecule has 0 saturated heterocycles. The van der Waals surface area contributed by atoms with E-state index in [-0.39, 0.29) is 17.9 Å². The first-order valence-corrected chi connectivity index (χ1v) is 13.0. The number of aromatic nitrogens is 1. The van der Waals surface area contributed by atoms with E-state index in [1.807, 2.05) is 22.3 Å². The van der Waals surface area contributed by atoms with Crippen LogP contribution in [0.2, 0.25) is 0 Å². The highest BCUT2D eigenvalue weighted by Crippen LogP contribution is 2.44. The molecule has 7 heteroatoms. The first-order valence-electron chi connectivity index (χ1n) is 11.3. The Hall–Kier alpha value is -2.90. The Morgan fingerprint density at radius 3 is 2.82 bits per heavy atom. The number of amides is 2. The third kappa shape index (κ3) is 3.50. The number of carbonyl (C=O) groups is 1. The third-order valence-electron chi connectivity index (χ3n) is 6.68. The molecule has 168 valence electrons. The van der Waals surface area contributed by atoms with E-state index >= 15 is 0 Å². The highest BCUT2D eigenvalue weighted by molar-refractivity contribution is 7.15. The Kier molecular flexibility index (Phi) is 5.11. The van der Waals surface area contributed by atoms with Gasteiger partial charge in [0.1, 0.15) is 16.9 Å². The molecule has 1 atom stereocenters. The molecule has 33 heavy (non-hydrogen) atoms. The molecule has 1 aliphatic heterocycles. The zero-order chi connectivity index (χ0) is 22.5. The van der Waals surface area contributed by atoms with E-state index in [4.69, 9.17) is 0 Å². The third-order valence-corrected chi connectivity index (χ3v) is 8.93. The molecule has 2 amide bonds. The van der Waals surface area contributed by atoms with Crippen LogP contribution in [-0.4, -0.2) is 15.5 Å². The predicted octanol–water partition coefficient (Wildman–Crippen LogP) is 7.06. The van der Waals surface area contributed by atoms with Crippen LogP contribution < -0.4 is 5.32 Å². The summed E-state index contributed by atoms with van der Waals surface area (Å²) in [5, 5.41) is 6.26. The molecule has 0 saturated carbocycles. The summed E-state index contributed by atoms with van der Waals surface area (Å²) in [6.45, 7) is 2.25. The summed E-state index contributed by atoms with van der Waals surface area (Å²) in [5.41, 5.74) is 4.80. The van der Waals surface area contributed by atoms with Crippen molar-refractivity contribution in [2.75, 3.05) is 5.32 Å². The van der Waals surface area contributed by atoms with Crippen LogP contribution in [0.15, 0.2) is 54.0 Å². The molecule has 0 unspecified atom stereocenters. The zero-order valence-electron chi connectivity index (χ0n) is 18.3. The van der Waals surface area contributed by atoms with E-state index in [0.717, 1.165) is 23.4 Å². The first-order chi connectivity index (χ1) is 16.1. The van der Waals surface area contributed by atoms with Crippen molar-refractivity contribution in [3.8, 4) is 5.00 Å². The maximum absolute atomic E-state index is 14.2. The molecule has 2 aliphatic rings. The lowest BCUT2D eigenvalue weighted by Gasteiger charge is -2.30. The number of fused-ring (bicyclic) bond motifs is 5. The summed E-state index contributed by atoms with van der Waals surface area (Å²) in [6, 6.07) is 12.7. The van der Waals surface area contributed by atoms with Crippen LogP contribution in [0.25, 0.3) is 5.00 Å². The van der Waals surface area contributed by atoms with Crippen molar-refractivity contribution in [2.24, 2.45) is 0 Å². The molecule has 4 nitrogen and oxygen atoms in total. The Bertz CT molecular complexity index is 1340. The van der Waals surface area contributed by atoms with Crippen molar-refractivity contribution in [3.05, 3.63) is 92.0 Å². The monoisotopic (exact) mass is 477 g/mol. The Morgan fingerprint density at radius 1 is 1.12 bits per heavy atom. The molecule has 0 bridgehead atoms. The highest BCUT2D eigenvalue weighted by atomic mass is 32.1. The molecular formula is C26H24FN3OS2. The largest absolute Gasteiger partial charge is 0.323 e. The number of hydrogen-bond donors (Lipinski definition) is 1. The number of aryl methyl sites for hydroxylation is 2. The number of carbonyl (C=O) groups excluding carboxylic acids is 1. The van der Waals surface area contributed by atoms with Crippen LogP contribution in [0.3, 0.4) is 0 Å². The molecule has 3 aromatic heterocycles. The Morgan fingerprint density at radius 2 is 2.00 bits per heavy atom. The zero-order valence-corrected chi connectivity index (χ0v) is 19.9. The van der Waals surface area contributed by atoms with Gasteiger partial charge in [0.25, 0.3) is 0 Å². The molecule has 1 aromatic carbocycles. The Labute approximate surface area is 200 Å². The fourth-order valence-electron chi connectivity index (χ4n) is 5.00. The number of benzene rings is 1. The molecular weight excluding hydrogens is 453 g/mol. The van der Waals surface area contributed by atoms with Crippen molar-refractivity contribution in [2.45, 2.75) is 45.2 Å². The maximum atomic E-state index is 14.2. The van der Waals surface area contributed by atoms with Gasteiger partial charge in [-0.1, -0.05) is 12.1 Å². The van der Waals surface area contributed by atoms with Crippen molar-refractivity contribution >= 4 is 34.4 Å². The average molecular weight is 478 g/mol. The minimum Gasteiger partial charge on any atom is -0.310 e. The van der Waals surface area contributed by atoms with Crippen LogP contribution in [0.5, 0.6) is 0 Å². The van der Waals surface area contributed by atoms with Gasteiger partial charge in [-0.05, 0) is 79.4 Å². The molecule has 4 heterocycles. The molecule has 0 spiro atoms. The lowest BCUT2D eigenvalue weighted by atomic mass is 9.95. The van der Waals surface area contributed by atoms with Crippen molar-refractivity contribution < 1.29 is 9.18 Å². The lowest BCUT2D eigenvalue weighted by Crippen LogP contribution is -2.37. The topological polar surface area (TPSA) is 37.3 Å². The van der Waals surface area contributed by atoms with Gasteiger partial charge < -0.3 is 14.8 Å². The Balaban J connectivity index is 1.47. The number of hydrogen-bond acceptors (Lipinski definition) is 3. The number of nitrogens with zero attached hydrogens (tertiary/aromatic N) is 2. The molecule has 1 N–H and O–H groups in total. The van der Waals surface area contributed by atoms with E-state index in [0.29, 0.717) is 17.8 Å². The average Bonchev–Trinajstić information content (AvgIpc) is 3.56. The van der Waals surface area contributed by atoms with E-state index in [9.17, 15) is 9.18 Å². The quantitative estimate of drug-likeness (QED) is 0.330. The van der Waals surface area contributed by atoms with Crippen molar-refractivity contribution in [1.82, 2.24) is 9.47 Å². The first kappa shape index (κ1) is 20.7. The normalized spacial score (nSPS) is 17.2. The highest BCUT2D eigenvalue weighted by Gasteiger charge is 2.36. The molecule has 4 aromatic rings. The van der Waals surface area contributed by atoms with Crippen LogP contribution in [-0.2, 0) is 19.4 Å². The van der Waals surface area contributed by atoms with Gasteiger partial charge >= 0.3 is 6.03 Å². The van der Waals surface area contributed by atoms with Crippen LogP contribution in [0, 0.1) is 12.7 Å². The predicted molar refractivity (Wildman–Crippen MR) is 132 cm³/mol. The molecule has 1 aliphatic carbocycles. The second-order valence-corrected chi connectivity index (χ2v) is 10.8. The van der Waals surface area contributed by atoms with E-state index in [2.05, 4.69) is 39.7 Å². The summed E-state index contributed by atoms with van der Waals surface area (Å²) < 4.78 is 16.5. The summed E-state index contributed by atoms with van der Waals surface area (Å²) in [5.74, 6) is -0.318. The minimum atomic E-state index is -0.318. The van der Waals surface area contributed by atoms with Crippen LogP contribution >= 0.6 is 22.7 Å². The smallest absolute Gasteiger partial charge is 0.310 e. The van der Waals surface area contributed by atoms with E-state index in [1.54, 1.807) is 30.4 Å². The van der Waals surface area contributed by atoms with Crippen LogP contribution in [0.1, 0.15) is 51.0 Å². The van der Waals surface area contributed by atoms with Gasteiger partial charge in [0.15, 0.2) is 0 Å². The summed E-state index contributed by atoms with van der Waals surface area (Å²) >= 11 is 3.53. The molecule has 0 fully saturated rings. The number of anilines is 1. The number of nitrogens with one attached hydrogen (secondary N) is 1. The maximum Gasteiger partial charge on any atom is 0.323 e. The number of urea groups is 1. The fraction of sp³-hybridized carbons (Fsp3) is 0.269. The van der Waals surface area contributed by atoms with Crippen molar-refractivity contribution in [1.29, 1.82) is 0 Å². The van der Waals surface area contributed by atoms with Gasteiger partial charge in [-0.25, -0.2) is 9.18 Å². The molecule has 6 rings (SSSR count). The summed E-state index contributed by atoms with van der Waals surface area (Å²) in [6.07, 6.45) is 6.73. The number of thiophene rings is 2. The van der Waals surface area contributed by atoms with Crippen molar-refractivity contribution in [3.63, 3.8) is 0 Å². The minimum absolute atomic E-state index is 0.214. The van der Waals surface area contributed by atoms with Gasteiger partial charge in [-0.2, -0.15) is 0 Å². The molecule has 0 radical (unpaired) electrons. The van der Waals surface area contributed by atoms with Gasteiger partial charge in [0, 0.05) is 27.2 Å². The van der Waals surface area contributed by atoms with Gasteiger partial charge in [-0.15, -0.1) is 22.7 Å². The van der Waals surface area contributed by atoms with E-state index in [1.165, 1.54) is 39.9 Å². The van der Waals surface area contributed by atoms with Gasteiger partial charge in [0.2, 0.25) is 0 Å². The standard InChI is InChI=1S/C26H24FN3OS2/c1-16-10-11-17(14-20(16)27)28-26(31)30-15-19-18-6-2-3-8-22(18)33-25(19)29-12-4-7-21(29)24(30)23-9-5-13-32-23/h4-5,7,9-14,24H,2-3,6,8,15H2,1H3,(H,28,31)/t24-/m1/s1. The summed E-state index contributed by atoms with van der Waals surface area (Å²) in [7, 11) is 0. The van der Waals surface area contributed by atoms with Gasteiger partial charge in [-0.3, -0.25) is 0 Å². The second-order valence-electron chi connectivity index (χ2n) is 8.74. The SMILES string of the molecule is Cc1ccc(NC(=O)N2Cc3c(sc4c3CCCC4)-n3cccc3[C@@H]2c2cccs2)cc1F. The van der Waals surface area contributed by atoms with Gasteiger partial charge in [0.05, 0.1) is 12.2 Å². The number of rotatable bonds is 2. The number of halogens is 1. The van der Waals surface area contributed by atoms with E-state index < -0.39 is 0 Å². The lowest BCUT2D eigenvalue weighted by molar-refractivity contribution is 0.195. The van der Waals surface area contributed by atoms with Crippen LogP contribution in [0.4, 0.5) is 14.9 Å². The second kappa shape index (κ2) is 8.15. The summed E-state index contributed by atoms with van der Waals surface area (Å²) in [4.78, 5) is 18.2. The fourth-order valence-corrected chi connectivity index (χ4v) is 7.25.